The smallest absolute Gasteiger partial charge is 0.227 e. The van der Waals surface area contributed by atoms with Crippen LogP contribution in [0.25, 0.3) is 11.0 Å². The number of aromatic hydroxyl groups is 2. The molecule has 38 heavy (non-hydrogen) atoms. The van der Waals surface area contributed by atoms with Gasteiger partial charge in [-0.2, -0.15) is 0 Å². The lowest BCUT2D eigenvalue weighted by molar-refractivity contribution is -0.122. The largest absolute Gasteiger partial charge is 0.504 e. The highest BCUT2D eigenvalue weighted by Gasteiger charge is 2.29. The highest BCUT2D eigenvalue weighted by molar-refractivity contribution is 5.79. The summed E-state index contributed by atoms with van der Waals surface area (Å²) in [5.41, 5.74) is 1.74. The van der Waals surface area contributed by atoms with Gasteiger partial charge in [-0.05, 0) is 49.1 Å². The van der Waals surface area contributed by atoms with Gasteiger partial charge in [0, 0.05) is 19.5 Å². The first kappa shape index (κ1) is 26.8. The molecule has 2 atom stereocenters. The number of rotatable bonds is 9. The molecule has 4 rings (SSSR count). The van der Waals surface area contributed by atoms with Crippen molar-refractivity contribution in [3.8, 4) is 17.2 Å². The standard InChI is InChI=1S/C29H33N3O6/c1-16(2)12-21(29-31-20-8-6-7-9-22(20)32(29)4)30-26(35)15-19(18-10-11-23(33)25(14-18)37-5)28-27(36)24(34)13-17(3)38-28/h6-11,13-14,16,19,21,33,36H,12,15H2,1-5H3,(H,30,35)/t19-,21-/m0/s1. The van der Waals surface area contributed by atoms with Crippen molar-refractivity contribution in [1.82, 2.24) is 14.9 Å². The first-order valence-electron chi connectivity index (χ1n) is 12.5. The molecule has 4 aromatic rings. The first-order chi connectivity index (χ1) is 18.1. The van der Waals surface area contributed by atoms with Gasteiger partial charge in [0.15, 0.2) is 17.3 Å². The van der Waals surface area contributed by atoms with Crippen molar-refractivity contribution in [1.29, 1.82) is 0 Å². The van der Waals surface area contributed by atoms with Crippen molar-refractivity contribution in [2.75, 3.05) is 7.11 Å². The van der Waals surface area contributed by atoms with Gasteiger partial charge in [0.1, 0.15) is 11.6 Å². The van der Waals surface area contributed by atoms with Crippen molar-refractivity contribution < 1.29 is 24.2 Å². The third-order valence-corrected chi connectivity index (χ3v) is 6.56. The molecule has 2 aromatic carbocycles. The van der Waals surface area contributed by atoms with Crippen LogP contribution in [0.2, 0.25) is 0 Å². The second-order valence-corrected chi connectivity index (χ2v) is 9.89. The Labute approximate surface area is 220 Å². The number of carbonyl (C=O) groups is 1. The first-order valence-corrected chi connectivity index (χ1v) is 12.5. The second-order valence-electron chi connectivity index (χ2n) is 9.89. The Balaban J connectivity index is 1.72. The van der Waals surface area contributed by atoms with Crippen molar-refractivity contribution in [3.05, 3.63) is 81.7 Å². The Morgan fingerprint density at radius 1 is 1.16 bits per heavy atom. The second kappa shape index (κ2) is 11.0. The molecular weight excluding hydrogens is 486 g/mol. The number of nitrogens with one attached hydrogen (secondary N) is 1. The minimum Gasteiger partial charge on any atom is -0.504 e. The monoisotopic (exact) mass is 519 g/mol. The van der Waals surface area contributed by atoms with E-state index in [1.54, 1.807) is 19.1 Å². The molecular formula is C29H33N3O6. The van der Waals surface area contributed by atoms with Crippen LogP contribution in [0, 0.1) is 12.8 Å². The maximum Gasteiger partial charge on any atom is 0.227 e. The summed E-state index contributed by atoms with van der Waals surface area (Å²) >= 11 is 0. The lowest BCUT2D eigenvalue weighted by Gasteiger charge is -2.23. The molecule has 0 aliphatic heterocycles. The van der Waals surface area contributed by atoms with Crippen LogP contribution in [0.15, 0.2) is 57.7 Å². The van der Waals surface area contributed by atoms with E-state index in [1.165, 1.54) is 19.2 Å². The van der Waals surface area contributed by atoms with E-state index >= 15 is 0 Å². The highest BCUT2D eigenvalue weighted by Crippen LogP contribution is 2.37. The Bertz CT molecular complexity index is 1520. The molecule has 0 aliphatic rings. The van der Waals surface area contributed by atoms with Crippen LogP contribution in [0.3, 0.4) is 0 Å². The zero-order valence-corrected chi connectivity index (χ0v) is 22.2. The van der Waals surface area contributed by atoms with E-state index in [4.69, 9.17) is 14.1 Å². The molecule has 1 amide bonds. The van der Waals surface area contributed by atoms with E-state index in [2.05, 4.69) is 19.2 Å². The molecule has 9 nitrogen and oxygen atoms in total. The zero-order valence-electron chi connectivity index (χ0n) is 22.2. The molecule has 0 fully saturated rings. The van der Waals surface area contributed by atoms with Gasteiger partial charge < -0.3 is 29.3 Å². The van der Waals surface area contributed by atoms with Gasteiger partial charge >= 0.3 is 0 Å². The van der Waals surface area contributed by atoms with E-state index in [1.807, 2.05) is 35.9 Å². The molecule has 0 saturated heterocycles. The Kier molecular flexibility index (Phi) is 7.75. The molecule has 0 radical (unpaired) electrons. The fourth-order valence-corrected chi connectivity index (χ4v) is 4.75. The fraction of sp³-hybridized carbons (Fsp3) is 0.345. The topological polar surface area (TPSA) is 127 Å². The quantitative estimate of drug-likeness (QED) is 0.293. The molecule has 9 heteroatoms. The molecule has 0 spiro atoms. The van der Waals surface area contributed by atoms with Crippen molar-refractivity contribution >= 4 is 16.9 Å². The number of nitrogens with zero attached hydrogens (tertiary/aromatic N) is 2. The van der Waals surface area contributed by atoms with E-state index in [0.717, 1.165) is 16.9 Å². The minimum absolute atomic E-state index is 0.0268. The number of methoxy groups -OCH3 is 1. The number of ether oxygens (including phenoxy) is 1. The summed E-state index contributed by atoms with van der Waals surface area (Å²) in [5, 5.41) is 23.8. The van der Waals surface area contributed by atoms with Gasteiger partial charge in [-0.15, -0.1) is 0 Å². The normalized spacial score (nSPS) is 13.0. The number of imidazole rings is 1. The third-order valence-electron chi connectivity index (χ3n) is 6.56. The predicted octanol–water partition coefficient (Wildman–Crippen LogP) is 4.68. The Morgan fingerprint density at radius 2 is 1.89 bits per heavy atom. The summed E-state index contributed by atoms with van der Waals surface area (Å²) in [4.78, 5) is 30.7. The number of aromatic nitrogens is 2. The van der Waals surface area contributed by atoms with Crippen LogP contribution in [0.1, 0.15) is 61.6 Å². The van der Waals surface area contributed by atoms with Crippen LogP contribution in [0.4, 0.5) is 0 Å². The van der Waals surface area contributed by atoms with Gasteiger partial charge in [-0.3, -0.25) is 9.59 Å². The van der Waals surface area contributed by atoms with Crippen LogP contribution in [-0.2, 0) is 11.8 Å². The molecule has 0 aliphatic carbocycles. The van der Waals surface area contributed by atoms with Gasteiger partial charge in [-0.1, -0.05) is 32.0 Å². The van der Waals surface area contributed by atoms with Gasteiger partial charge in [0.2, 0.25) is 17.1 Å². The molecule has 3 N–H and O–H groups in total. The van der Waals surface area contributed by atoms with E-state index in [9.17, 15) is 19.8 Å². The number of benzene rings is 2. The maximum absolute atomic E-state index is 13.6. The number of hydrogen-bond acceptors (Lipinski definition) is 7. The van der Waals surface area contributed by atoms with Crippen molar-refractivity contribution in [3.63, 3.8) is 0 Å². The molecule has 0 unspecified atom stereocenters. The number of hydrogen-bond donors (Lipinski definition) is 3. The maximum atomic E-state index is 13.6. The van der Waals surface area contributed by atoms with Crippen LogP contribution >= 0.6 is 0 Å². The average molecular weight is 520 g/mol. The number of amides is 1. The lowest BCUT2D eigenvalue weighted by atomic mass is 9.91. The summed E-state index contributed by atoms with van der Waals surface area (Å²) in [6.45, 7) is 5.75. The van der Waals surface area contributed by atoms with E-state index in [0.29, 0.717) is 17.7 Å². The minimum atomic E-state index is -0.822. The molecule has 0 saturated carbocycles. The van der Waals surface area contributed by atoms with E-state index in [-0.39, 0.29) is 41.5 Å². The summed E-state index contributed by atoms with van der Waals surface area (Å²) in [7, 11) is 3.34. The average Bonchev–Trinajstić information content (AvgIpc) is 3.21. The summed E-state index contributed by atoms with van der Waals surface area (Å²) in [6, 6.07) is 13.2. The number of aryl methyl sites for hydroxylation is 2. The van der Waals surface area contributed by atoms with Gasteiger partial charge in [0.25, 0.3) is 0 Å². The summed E-state index contributed by atoms with van der Waals surface area (Å²) < 4.78 is 13.0. The predicted molar refractivity (Wildman–Crippen MR) is 144 cm³/mol. The summed E-state index contributed by atoms with van der Waals surface area (Å²) in [6.07, 6.45) is 0.526. The Hall–Kier alpha value is -4.27. The van der Waals surface area contributed by atoms with Gasteiger partial charge in [0.05, 0.1) is 30.1 Å². The third kappa shape index (κ3) is 5.51. The zero-order chi connectivity index (χ0) is 27.6. The number of para-hydroxylation sites is 2. The number of phenols is 1. The Morgan fingerprint density at radius 3 is 2.58 bits per heavy atom. The molecule has 2 heterocycles. The van der Waals surface area contributed by atoms with Crippen LogP contribution in [0.5, 0.6) is 17.2 Å². The van der Waals surface area contributed by atoms with Crippen LogP contribution in [-0.4, -0.2) is 32.8 Å². The molecule has 0 bridgehead atoms. The summed E-state index contributed by atoms with van der Waals surface area (Å²) in [5.74, 6) is -0.294. The lowest BCUT2D eigenvalue weighted by Crippen LogP contribution is -2.32. The highest BCUT2D eigenvalue weighted by atomic mass is 16.5. The molecule has 2 aromatic heterocycles. The van der Waals surface area contributed by atoms with Crippen molar-refractivity contribution in [2.45, 2.75) is 45.6 Å². The SMILES string of the molecule is COc1cc([C@H](CC(=O)N[C@@H](CC(C)C)c2nc3ccccc3n2C)c2oc(C)cc(=O)c2O)ccc1O. The molecule has 200 valence electrons. The van der Waals surface area contributed by atoms with Crippen LogP contribution < -0.4 is 15.5 Å². The van der Waals surface area contributed by atoms with Crippen molar-refractivity contribution in [2.24, 2.45) is 13.0 Å². The van der Waals surface area contributed by atoms with Gasteiger partial charge in [-0.25, -0.2) is 4.98 Å². The number of fused-ring (bicyclic) bond motifs is 1. The fourth-order valence-electron chi connectivity index (χ4n) is 4.75. The number of carbonyl (C=O) groups excluding carboxylic acids is 1. The van der Waals surface area contributed by atoms with E-state index < -0.39 is 17.1 Å². The number of phenolic OH excluding ortho intramolecular Hbond substituents is 1.